The number of nitrogens with zero attached hydrogens (tertiary/aromatic N) is 2. The number of benzene rings is 1. The number of anilines is 1. The van der Waals surface area contributed by atoms with Crippen LogP contribution in [0.25, 0.3) is 5.57 Å². The Morgan fingerprint density at radius 1 is 1.03 bits per heavy atom. The molecule has 0 aliphatic rings. The van der Waals surface area contributed by atoms with Crippen molar-refractivity contribution in [1.82, 2.24) is 9.97 Å². The lowest BCUT2D eigenvalue weighted by Gasteiger charge is -2.10. The number of carbonyl (C=O) groups excluding carboxylic acids is 1. The SMILES string of the molecule is C=C(c1ccc(C(=O)Nc2ccc(Cc3cccc(Cl)c3)cn2)cn1)C(F)(F)F. The van der Waals surface area contributed by atoms with E-state index in [0.717, 1.165) is 23.4 Å². The van der Waals surface area contributed by atoms with Crippen molar-refractivity contribution in [2.45, 2.75) is 12.6 Å². The van der Waals surface area contributed by atoms with Crippen molar-refractivity contribution in [3.05, 3.63) is 94.9 Å². The zero-order valence-corrected chi connectivity index (χ0v) is 15.8. The van der Waals surface area contributed by atoms with E-state index in [1.807, 2.05) is 24.3 Å². The van der Waals surface area contributed by atoms with Gasteiger partial charge in [-0.3, -0.25) is 9.78 Å². The molecule has 3 rings (SSSR count). The zero-order valence-electron chi connectivity index (χ0n) is 15.0. The number of halogens is 4. The average Bonchev–Trinajstić information content (AvgIpc) is 2.68. The predicted molar refractivity (Wildman–Crippen MR) is 106 cm³/mol. The van der Waals surface area contributed by atoms with Gasteiger partial charge in [-0.05, 0) is 47.9 Å². The van der Waals surface area contributed by atoms with Crippen LogP contribution in [0.1, 0.15) is 27.2 Å². The monoisotopic (exact) mass is 417 g/mol. The second kappa shape index (κ2) is 8.45. The summed E-state index contributed by atoms with van der Waals surface area (Å²) in [5, 5.41) is 3.23. The highest BCUT2D eigenvalue weighted by molar-refractivity contribution is 6.30. The molecular weight excluding hydrogens is 403 g/mol. The fourth-order valence-corrected chi connectivity index (χ4v) is 2.74. The van der Waals surface area contributed by atoms with Crippen molar-refractivity contribution in [2.75, 3.05) is 5.32 Å². The van der Waals surface area contributed by atoms with Gasteiger partial charge in [-0.2, -0.15) is 13.2 Å². The summed E-state index contributed by atoms with van der Waals surface area (Å²) in [6.07, 6.45) is -1.25. The number of rotatable bonds is 5. The van der Waals surface area contributed by atoms with E-state index in [0.29, 0.717) is 17.3 Å². The van der Waals surface area contributed by atoms with Crippen LogP contribution in [0.2, 0.25) is 5.02 Å². The molecule has 0 spiro atoms. The van der Waals surface area contributed by atoms with Gasteiger partial charge in [0.15, 0.2) is 0 Å². The molecule has 29 heavy (non-hydrogen) atoms. The van der Waals surface area contributed by atoms with Crippen LogP contribution in [-0.2, 0) is 6.42 Å². The third-order valence-corrected chi connectivity index (χ3v) is 4.28. The molecular formula is C21H15ClF3N3O. The Labute approximate surface area is 170 Å². The lowest BCUT2D eigenvalue weighted by atomic mass is 10.1. The Hall–Kier alpha value is -3.19. The fourth-order valence-electron chi connectivity index (χ4n) is 2.53. The molecule has 0 saturated carbocycles. The van der Waals surface area contributed by atoms with Gasteiger partial charge in [-0.25, -0.2) is 4.98 Å². The molecule has 2 heterocycles. The van der Waals surface area contributed by atoms with E-state index >= 15 is 0 Å². The number of amides is 1. The minimum atomic E-state index is -4.58. The van der Waals surface area contributed by atoms with Crippen LogP contribution in [0.3, 0.4) is 0 Å². The lowest BCUT2D eigenvalue weighted by molar-refractivity contribution is -0.0689. The second-order valence-electron chi connectivity index (χ2n) is 6.22. The van der Waals surface area contributed by atoms with E-state index in [1.54, 1.807) is 18.3 Å². The van der Waals surface area contributed by atoms with Crippen LogP contribution < -0.4 is 5.32 Å². The van der Waals surface area contributed by atoms with E-state index in [-0.39, 0.29) is 11.3 Å². The molecule has 4 nitrogen and oxygen atoms in total. The normalized spacial score (nSPS) is 11.2. The molecule has 0 unspecified atom stereocenters. The maximum atomic E-state index is 12.6. The van der Waals surface area contributed by atoms with E-state index in [1.165, 1.54) is 6.07 Å². The summed E-state index contributed by atoms with van der Waals surface area (Å²) >= 11 is 5.97. The molecule has 0 saturated heterocycles. The molecule has 8 heteroatoms. The first kappa shape index (κ1) is 20.5. The molecule has 1 aromatic carbocycles. The fraction of sp³-hybridized carbons (Fsp3) is 0.0952. The molecule has 0 radical (unpaired) electrons. The Bertz CT molecular complexity index is 1030. The van der Waals surface area contributed by atoms with Crippen molar-refractivity contribution >= 4 is 28.9 Å². The Morgan fingerprint density at radius 3 is 2.41 bits per heavy atom. The van der Waals surface area contributed by atoms with E-state index in [9.17, 15) is 18.0 Å². The van der Waals surface area contributed by atoms with Gasteiger partial charge in [0.05, 0.1) is 16.8 Å². The largest absolute Gasteiger partial charge is 0.417 e. The van der Waals surface area contributed by atoms with E-state index < -0.39 is 17.7 Å². The standard InChI is InChI=1S/C21H15ClF3N3O/c1-13(21(23,24)25)18-7-6-16(12-26-18)20(29)28-19-8-5-15(11-27-19)9-14-3-2-4-17(22)10-14/h2-8,10-12H,1,9H2,(H,27,28,29). The number of hydrogen-bond acceptors (Lipinski definition) is 3. The summed E-state index contributed by atoms with van der Waals surface area (Å²) in [6.45, 7) is 2.98. The molecule has 0 bridgehead atoms. The van der Waals surface area contributed by atoms with E-state index in [2.05, 4.69) is 21.9 Å². The molecule has 2 aromatic heterocycles. The van der Waals surface area contributed by atoms with Gasteiger partial charge in [0.25, 0.3) is 5.91 Å². The van der Waals surface area contributed by atoms with Crippen molar-refractivity contribution in [1.29, 1.82) is 0 Å². The third kappa shape index (κ3) is 5.42. The third-order valence-electron chi connectivity index (χ3n) is 4.04. The maximum absolute atomic E-state index is 12.6. The van der Waals surface area contributed by atoms with Gasteiger partial charge in [0, 0.05) is 17.4 Å². The molecule has 0 atom stereocenters. The highest BCUT2D eigenvalue weighted by Gasteiger charge is 2.33. The summed E-state index contributed by atoms with van der Waals surface area (Å²) in [4.78, 5) is 20.1. The smallest absolute Gasteiger partial charge is 0.307 e. The van der Waals surface area contributed by atoms with Gasteiger partial charge in [-0.15, -0.1) is 0 Å². The highest BCUT2D eigenvalue weighted by Crippen LogP contribution is 2.31. The van der Waals surface area contributed by atoms with Crippen molar-refractivity contribution < 1.29 is 18.0 Å². The van der Waals surface area contributed by atoms with Crippen LogP contribution in [-0.4, -0.2) is 22.1 Å². The number of aromatic nitrogens is 2. The van der Waals surface area contributed by atoms with Gasteiger partial charge >= 0.3 is 6.18 Å². The Morgan fingerprint density at radius 2 is 1.83 bits per heavy atom. The van der Waals surface area contributed by atoms with Crippen molar-refractivity contribution in [2.24, 2.45) is 0 Å². The molecule has 0 fully saturated rings. The molecule has 1 amide bonds. The molecule has 0 aliphatic heterocycles. The van der Waals surface area contributed by atoms with Crippen LogP contribution in [0.4, 0.5) is 19.0 Å². The quantitative estimate of drug-likeness (QED) is 0.592. The molecule has 148 valence electrons. The molecule has 3 aromatic rings. The first-order valence-corrected chi connectivity index (χ1v) is 8.83. The van der Waals surface area contributed by atoms with Crippen LogP contribution in [0, 0.1) is 0 Å². The molecule has 1 N–H and O–H groups in total. The van der Waals surface area contributed by atoms with Crippen LogP contribution >= 0.6 is 11.6 Å². The zero-order chi connectivity index (χ0) is 21.0. The summed E-state index contributed by atoms with van der Waals surface area (Å²) in [7, 11) is 0. The van der Waals surface area contributed by atoms with Gasteiger partial charge < -0.3 is 5.32 Å². The first-order chi connectivity index (χ1) is 13.7. The number of carbonyl (C=O) groups is 1. The minimum Gasteiger partial charge on any atom is -0.307 e. The molecule has 0 aliphatic carbocycles. The minimum absolute atomic E-state index is 0.105. The Balaban J connectivity index is 1.64. The summed E-state index contributed by atoms with van der Waals surface area (Å²) in [5.41, 5.74) is 0.664. The van der Waals surface area contributed by atoms with E-state index in [4.69, 9.17) is 11.6 Å². The van der Waals surface area contributed by atoms with Gasteiger partial charge in [-0.1, -0.05) is 36.4 Å². The van der Waals surface area contributed by atoms with Gasteiger partial charge in [0.1, 0.15) is 5.82 Å². The second-order valence-corrected chi connectivity index (χ2v) is 6.66. The van der Waals surface area contributed by atoms with Gasteiger partial charge in [0.2, 0.25) is 0 Å². The maximum Gasteiger partial charge on any atom is 0.417 e. The number of nitrogens with one attached hydrogen (secondary N) is 1. The lowest BCUT2D eigenvalue weighted by Crippen LogP contribution is -2.14. The highest BCUT2D eigenvalue weighted by atomic mass is 35.5. The summed E-state index contributed by atoms with van der Waals surface area (Å²) in [6, 6.07) is 13.3. The first-order valence-electron chi connectivity index (χ1n) is 8.45. The topological polar surface area (TPSA) is 54.9 Å². The Kier molecular flexibility index (Phi) is 5.98. The summed E-state index contributed by atoms with van der Waals surface area (Å²) < 4.78 is 37.9. The number of pyridine rings is 2. The van der Waals surface area contributed by atoms with Crippen LogP contribution in [0.5, 0.6) is 0 Å². The van der Waals surface area contributed by atoms with Crippen molar-refractivity contribution in [3.8, 4) is 0 Å². The number of hydrogen-bond donors (Lipinski definition) is 1. The van der Waals surface area contributed by atoms with Crippen molar-refractivity contribution in [3.63, 3.8) is 0 Å². The summed E-state index contributed by atoms with van der Waals surface area (Å²) in [5.74, 6) is -0.217. The average molecular weight is 418 g/mol. The predicted octanol–water partition coefficient (Wildman–Crippen LogP) is 5.55. The number of allylic oxidation sites excluding steroid dienone is 1. The van der Waals surface area contributed by atoms with Crippen LogP contribution in [0.15, 0.2) is 67.5 Å². The number of alkyl halides is 3.